The molecule has 0 saturated heterocycles. The van der Waals surface area contributed by atoms with Crippen molar-refractivity contribution in [2.45, 2.75) is 25.7 Å². The summed E-state index contributed by atoms with van der Waals surface area (Å²) < 4.78 is 9.14. The Labute approximate surface area is 271 Å². The monoisotopic (exact) mass is 602 g/mol. The highest BCUT2D eigenvalue weighted by Crippen LogP contribution is 2.44. The summed E-state index contributed by atoms with van der Waals surface area (Å²) in [6.45, 7) is 0. The lowest BCUT2D eigenvalue weighted by Gasteiger charge is -2.26. The van der Waals surface area contributed by atoms with E-state index in [1.807, 2.05) is 0 Å². The van der Waals surface area contributed by atoms with Crippen molar-refractivity contribution in [1.82, 2.24) is 4.40 Å². The molecule has 3 heterocycles. The van der Waals surface area contributed by atoms with E-state index in [0.717, 1.165) is 54.1 Å². The number of anilines is 3. The Morgan fingerprint density at radius 1 is 0.574 bits per heavy atom. The molecule has 0 radical (unpaired) electrons. The molecule has 0 amide bonds. The third-order valence-electron chi connectivity index (χ3n) is 10.6. The number of allylic oxidation sites excluding steroid dienone is 1. The van der Waals surface area contributed by atoms with Crippen LogP contribution < -0.4 is 10.1 Å². The Morgan fingerprint density at radius 2 is 1.34 bits per heavy atom. The van der Waals surface area contributed by atoms with Gasteiger partial charge < -0.3 is 13.7 Å². The maximum absolute atomic E-state index is 6.60. The number of nitrogens with zero attached hydrogens (tertiary/aromatic N) is 2. The van der Waals surface area contributed by atoms with Crippen molar-refractivity contribution < 1.29 is 4.42 Å². The minimum absolute atomic E-state index is 0.943. The van der Waals surface area contributed by atoms with E-state index in [4.69, 9.17) is 4.42 Å². The predicted octanol–water partition coefficient (Wildman–Crippen LogP) is 11.2. The number of rotatable bonds is 3. The van der Waals surface area contributed by atoms with Gasteiger partial charge in [0, 0.05) is 38.3 Å². The highest BCUT2D eigenvalue weighted by atomic mass is 16.3. The Bertz CT molecular complexity index is 2850. The van der Waals surface area contributed by atoms with Crippen LogP contribution in [-0.2, 0) is 12.8 Å². The van der Waals surface area contributed by atoms with E-state index in [1.165, 1.54) is 70.6 Å². The van der Waals surface area contributed by atoms with Gasteiger partial charge in [0.05, 0.1) is 22.2 Å². The normalized spacial score (nSPS) is 14.1. The van der Waals surface area contributed by atoms with Crippen molar-refractivity contribution in [3.63, 3.8) is 0 Å². The maximum Gasteiger partial charge on any atom is 0.159 e. The van der Waals surface area contributed by atoms with Gasteiger partial charge in [-0.1, -0.05) is 72.8 Å². The van der Waals surface area contributed by atoms with E-state index in [0.29, 0.717) is 0 Å². The maximum atomic E-state index is 6.60. The highest BCUT2D eigenvalue weighted by molar-refractivity contribution is 6.10. The van der Waals surface area contributed by atoms with Gasteiger partial charge in [0.2, 0.25) is 0 Å². The lowest BCUT2D eigenvalue weighted by molar-refractivity contribution is 0.596. The smallest absolute Gasteiger partial charge is 0.159 e. The fourth-order valence-electron chi connectivity index (χ4n) is 8.50. The zero-order valence-electron chi connectivity index (χ0n) is 25.8. The number of hydrogen-bond donors (Lipinski definition) is 0. The first kappa shape index (κ1) is 25.4. The van der Waals surface area contributed by atoms with Crippen LogP contribution in [0.4, 0.5) is 17.1 Å². The summed E-state index contributed by atoms with van der Waals surface area (Å²) >= 11 is 0. The molecule has 3 aromatic heterocycles. The van der Waals surface area contributed by atoms with Crippen LogP contribution in [0.5, 0.6) is 0 Å². The molecule has 0 N–H and O–H groups in total. The summed E-state index contributed by atoms with van der Waals surface area (Å²) in [6.07, 6.45) is 11.0. The molecule has 2 aliphatic rings. The fraction of sp³-hybridized carbons (Fsp3) is 0.0909. The van der Waals surface area contributed by atoms with Crippen LogP contribution in [0.2, 0.25) is 0 Å². The molecule has 11 rings (SSSR count). The minimum atomic E-state index is 0.943. The van der Waals surface area contributed by atoms with Crippen LogP contribution in [0.15, 0.2) is 126 Å². The Balaban J connectivity index is 1.18. The van der Waals surface area contributed by atoms with Crippen LogP contribution in [0.25, 0.3) is 72.0 Å². The van der Waals surface area contributed by atoms with Crippen LogP contribution in [0.1, 0.15) is 29.7 Å². The van der Waals surface area contributed by atoms with Crippen LogP contribution in [0, 0.1) is 0 Å². The standard InChI is InChI=1S/C44H30N2O/c1-2-12-31(13-3-1)45(39-18-9-17-36-33-14-6-7-19-42(33)47-44(36)39)32-21-20-29-24-38-35-16-8-15-34-37-23-27-10-4-5-11-28(27)25-40(37)46(43(34)35)41(38)26-30(29)22-32/h1-5,7,9-13,16-26H,6,8,14-15H2. The summed E-state index contributed by atoms with van der Waals surface area (Å²) in [7, 11) is 0. The third-order valence-corrected chi connectivity index (χ3v) is 10.6. The molecule has 0 unspecified atom stereocenters. The summed E-state index contributed by atoms with van der Waals surface area (Å²) in [4.78, 5) is 2.36. The van der Waals surface area contributed by atoms with Gasteiger partial charge in [-0.2, -0.15) is 0 Å². The molecule has 0 bridgehead atoms. The molecule has 222 valence electrons. The second-order valence-corrected chi connectivity index (χ2v) is 13.1. The van der Waals surface area contributed by atoms with Crippen LogP contribution in [0.3, 0.4) is 0 Å². The van der Waals surface area contributed by atoms with E-state index in [1.54, 1.807) is 0 Å². The third kappa shape index (κ3) is 3.51. The summed E-state index contributed by atoms with van der Waals surface area (Å²) in [5.74, 6) is 0.990. The molecular weight excluding hydrogens is 572 g/mol. The minimum Gasteiger partial charge on any atom is -0.454 e. The molecule has 2 aliphatic carbocycles. The van der Waals surface area contributed by atoms with Crippen LogP contribution in [-0.4, -0.2) is 4.40 Å². The molecule has 9 aromatic rings. The average Bonchev–Trinajstić information content (AvgIpc) is 3.77. The van der Waals surface area contributed by atoms with Crippen molar-refractivity contribution in [1.29, 1.82) is 0 Å². The van der Waals surface area contributed by atoms with E-state index in [-0.39, 0.29) is 0 Å². The van der Waals surface area contributed by atoms with Gasteiger partial charge in [-0.3, -0.25) is 0 Å². The van der Waals surface area contributed by atoms with Crippen molar-refractivity contribution in [2.24, 2.45) is 0 Å². The molecule has 3 nitrogen and oxygen atoms in total. The second kappa shape index (κ2) is 9.37. The van der Waals surface area contributed by atoms with E-state index in [2.05, 4.69) is 143 Å². The Morgan fingerprint density at radius 3 is 2.26 bits per heavy atom. The first-order valence-corrected chi connectivity index (χ1v) is 16.7. The molecule has 47 heavy (non-hydrogen) atoms. The number of aromatic nitrogens is 1. The van der Waals surface area contributed by atoms with Gasteiger partial charge in [-0.25, -0.2) is 0 Å². The van der Waals surface area contributed by atoms with Gasteiger partial charge >= 0.3 is 0 Å². The van der Waals surface area contributed by atoms with Crippen molar-refractivity contribution in [2.75, 3.05) is 4.90 Å². The number of furan rings is 1. The number of aryl methyl sites for hydroxylation is 2. The zero-order chi connectivity index (χ0) is 30.6. The molecule has 6 aromatic carbocycles. The SMILES string of the molecule is C1=Cc2oc3c(N(c4ccccc4)c4ccc5cc6c7c8c(c9cc%10ccccc%10cc9n8c6cc5c4)CCC=7)cccc3c2CC1. The topological polar surface area (TPSA) is 20.8 Å². The Hall–Kier alpha value is -5.80. The molecule has 0 atom stereocenters. The van der Waals surface area contributed by atoms with E-state index in [9.17, 15) is 0 Å². The highest BCUT2D eigenvalue weighted by Gasteiger charge is 2.24. The van der Waals surface area contributed by atoms with Gasteiger partial charge in [0.25, 0.3) is 0 Å². The van der Waals surface area contributed by atoms with Crippen molar-refractivity contribution >= 4 is 89.1 Å². The van der Waals surface area contributed by atoms with Gasteiger partial charge in [-0.15, -0.1) is 0 Å². The van der Waals surface area contributed by atoms with E-state index < -0.39 is 0 Å². The lowest BCUT2D eigenvalue weighted by atomic mass is 9.97. The molecule has 0 fully saturated rings. The second-order valence-electron chi connectivity index (χ2n) is 13.1. The van der Waals surface area contributed by atoms with Gasteiger partial charge in [0.1, 0.15) is 5.76 Å². The zero-order valence-corrected chi connectivity index (χ0v) is 25.8. The van der Waals surface area contributed by atoms with Crippen molar-refractivity contribution in [3.05, 3.63) is 143 Å². The lowest BCUT2D eigenvalue weighted by Crippen LogP contribution is -2.10. The molecule has 0 spiro atoms. The number of hydrogen-bond acceptors (Lipinski definition) is 2. The number of fused-ring (bicyclic) bond motifs is 11. The quantitative estimate of drug-likeness (QED) is 0.201. The van der Waals surface area contributed by atoms with E-state index >= 15 is 0 Å². The Kier molecular flexibility index (Phi) is 5.06. The predicted molar refractivity (Wildman–Crippen MR) is 197 cm³/mol. The summed E-state index contributed by atoms with van der Waals surface area (Å²) in [5.41, 5.74) is 11.0. The van der Waals surface area contributed by atoms with Crippen LogP contribution >= 0.6 is 0 Å². The average molecular weight is 603 g/mol. The van der Waals surface area contributed by atoms with Crippen molar-refractivity contribution in [3.8, 4) is 0 Å². The summed E-state index contributed by atoms with van der Waals surface area (Å²) in [6, 6.07) is 42.6. The largest absolute Gasteiger partial charge is 0.454 e. The number of para-hydroxylation sites is 2. The summed E-state index contributed by atoms with van der Waals surface area (Å²) in [5, 5.41) is 10.4. The molecule has 3 heteroatoms. The fourth-order valence-corrected chi connectivity index (χ4v) is 8.50. The van der Waals surface area contributed by atoms with Gasteiger partial charge in [0.15, 0.2) is 5.58 Å². The molecule has 0 saturated carbocycles. The molecule has 0 aliphatic heterocycles. The van der Waals surface area contributed by atoms with Gasteiger partial charge in [-0.05, 0) is 113 Å². The first-order valence-electron chi connectivity index (χ1n) is 16.7. The molecular formula is C44H30N2O. The number of benzene rings is 6. The first-order chi connectivity index (χ1) is 23.3.